The Morgan fingerprint density at radius 1 is 1.00 bits per heavy atom. The fourth-order valence-corrected chi connectivity index (χ4v) is 4.66. The second-order valence-electron chi connectivity index (χ2n) is 5.45. The van der Waals surface area contributed by atoms with E-state index in [1.54, 1.807) is 24.7 Å². The molecule has 0 aromatic heterocycles. The van der Waals surface area contributed by atoms with Gasteiger partial charge >= 0.3 is 0 Å². The van der Waals surface area contributed by atoms with Crippen molar-refractivity contribution in [1.29, 1.82) is 0 Å². The van der Waals surface area contributed by atoms with E-state index in [0.717, 1.165) is 4.31 Å². The molecule has 0 unspecified atom stereocenters. The lowest BCUT2D eigenvalue weighted by Gasteiger charge is -2.23. The number of hydrogen-bond acceptors (Lipinski definition) is 5. The molecule has 0 bridgehead atoms. The normalized spacial score (nSPS) is 12.2. The molecule has 2 aromatic rings. The fourth-order valence-electron chi connectivity index (χ4n) is 2.41. The summed E-state index contributed by atoms with van der Waals surface area (Å²) in [6.45, 7) is 3.30. The number of anilines is 1. The summed E-state index contributed by atoms with van der Waals surface area (Å²) in [6, 6.07) is 8.59. The Hall–Kier alpha value is -1.65. The molecular formula is C15H18ClN3O4S2. The number of benzene rings is 2. The van der Waals surface area contributed by atoms with E-state index in [-0.39, 0.29) is 15.5 Å². The van der Waals surface area contributed by atoms with Crippen molar-refractivity contribution in [1.82, 2.24) is 4.83 Å². The number of nitrogens with one attached hydrogen (secondary N) is 1. The second kappa shape index (κ2) is 6.93. The van der Waals surface area contributed by atoms with Gasteiger partial charge in [-0.1, -0.05) is 17.7 Å². The van der Waals surface area contributed by atoms with Gasteiger partial charge in [0.1, 0.15) is 0 Å². The van der Waals surface area contributed by atoms with Crippen molar-refractivity contribution in [3.05, 3.63) is 52.5 Å². The molecule has 2 rings (SSSR count). The molecule has 0 fully saturated rings. The topological polar surface area (TPSA) is 110 Å². The highest BCUT2D eigenvalue weighted by molar-refractivity contribution is 7.92. The molecule has 0 aliphatic rings. The van der Waals surface area contributed by atoms with Crippen molar-refractivity contribution < 1.29 is 16.8 Å². The number of aryl methyl sites for hydroxylation is 2. The third-order valence-corrected chi connectivity index (χ3v) is 7.12. The highest BCUT2D eigenvalue weighted by atomic mass is 35.5. The molecule has 2 aromatic carbocycles. The second-order valence-corrected chi connectivity index (χ2v) is 9.54. The number of hydrazine groups is 1. The minimum absolute atomic E-state index is 0.0423. The molecule has 0 atom stereocenters. The van der Waals surface area contributed by atoms with Crippen LogP contribution in [0.2, 0.25) is 5.02 Å². The molecular weight excluding hydrogens is 386 g/mol. The van der Waals surface area contributed by atoms with Gasteiger partial charge in [0.05, 0.1) is 15.5 Å². The summed E-state index contributed by atoms with van der Waals surface area (Å²) in [5.74, 6) is 5.08. The summed E-state index contributed by atoms with van der Waals surface area (Å²) in [4.78, 5) is 1.70. The van der Waals surface area contributed by atoms with Gasteiger partial charge in [-0.15, -0.1) is 0 Å². The Balaban J connectivity index is 2.61. The highest BCUT2D eigenvalue weighted by Gasteiger charge is 2.25. The monoisotopic (exact) mass is 403 g/mol. The molecule has 10 heteroatoms. The van der Waals surface area contributed by atoms with Crippen LogP contribution >= 0.6 is 11.6 Å². The maximum Gasteiger partial charge on any atom is 0.264 e. The van der Waals surface area contributed by atoms with Crippen LogP contribution < -0.4 is 15.0 Å². The first kappa shape index (κ1) is 19.7. The fraction of sp³-hybridized carbons (Fsp3) is 0.200. The maximum atomic E-state index is 12.8. The standard InChI is InChI=1S/C15H18ClN3O4S2/c1-10-8-11(2)15(24(20,21)18-17)9-14(10)19(3)25(22,23)13-6-4-12(16)5-7-13/h4-9,18H,17H2,1-3H3. The minimum Gasteiger partial charge on any atom is -0.269 e. The molecule has 0 spiro atoms. The van der Waals surface area contributed by atoms with Crippen molar-refractivity contribution in [3.63, 3.8) is 0 Å². The number of nitrogens with two attached hydrogens (primary N) is 1. The van der Waals surface area contributed by atoms with Gasteiger partial charge in [-0.2, -0.15) is 4.83 Å². The van der Waals surface area contributed by atoms with E-state index in [1.165, 1.54) is 37.4 Å². The van der Waals surface area contributed by atoms with E-state index in [0.29, 0.717) is 16.1 Å². The molecule has 25 heavy (non-hydrogen) atoms. The predicted octanol–water partition coefficient (Wildman–Crippen LogP) is 1.93. The van der Waals surface area contributed by atoms with Crippen LogP contribution in [0.25, 0.3) is 0 Å². The van der Waals surface area contributed by atoms with Gasteiger partial charge < -0.3 is 0 Å². The average Bonchev–Trinajstić information content (AvgIpc) is 2.54. The summed E-state index contributed by atoms with van der Waals surface area (Å²) in [7, 11) is -6.46. The van der Waals surface area contributed by atoms with Gasteiger partial charge in [-0.3, -0.25) is 10.1 Å². The van der Waals surface area contributed by atoms with Crippen LogP contribution in [0, 0.1) is 13.8 Å². The first-order valence-electron chi connectivity index (χ1n) is 7.09. The van der Waals surface area contributed by atoms with Crippen LogP contribution in [0.15, 0.2) is 46.2 Å². The van der Waals surface area contributed by atoms with E-state index in [9.17, 15) is 16.8 Å². The predicted molar refractivity (Wildman–Crippen MR) is 97.5 cm³/mol. The zero-order valence-electron chi connectivity index (χ0n) is 13.8. The number of nitrogens with zero attached hydrogens (tertiary/aromatic N) is 1. The molecule has 0 radical (unpaired) electrons. The van der Waals surface area contributed by atoms with Gasteiger partial charge in [-0.25, -0.2) is 16.8 Å². The summed E-state index contributed by atoms with van der Waals surface area (Å²) >= 11 is 5.79. The summed E-state index contributed by atoms with van der Waals surface area (Å²) in [6.07, 6.45) is 0. The van der Waals surface area contributed by atoms with E-state index in [4.69, 9.17) is 17.4 Å². The van der Waals surface area contributed by atoms with Gasteiger partial charge in [0.2, 0.25) is 0 Å². The molecule has 7 nitrogen and oxygen atoms in total. The Labute approximate surface area is 152 Å². The molecule has 0 amide bonds. The summed E-state index contributed by atoms with van der Waals surface area (Å²) < 4.78 is 50.7. The van der Waals surface area contributed by atoms with Crippen LogP contribution in [0.5, 0.6) is 0 Å². The molecule has 136 valence electrons. The number of sulfonamides is 2. The van der Waals surface area contributed by atoms with Gasteiger partial charge in [0.25, 0.3) is 20.0 Å². The third kappa shape index (κ3) is 3.80. The molecule has 0 aliphatic carbocycles. The summed E-state index contributed by atoms with van der Waals surface area (Å²) in [5.41, 5.74) is 1.29. The quantitative estimate of drug-likeness (QED) is 0.585. The molecule has 0 saturated heterocycles. The van der Waals surface area contributed by atoms with Crippen LogP contribution in [0.3, 0.4) is 0 Å². The SMILES string of the molecule is Cc1cc(C)c(S(=O)(=O)NN)cc1N(C)S(=O)(=O)c1ccc(Cl)cc1. The van der Waals surface area contributed by atoms with E-state index in [1.807, 2.05) is 0 Å². The Bertz CT molecular complexity index is 1000. The van der Waals surface area contributed by atoms with Gasteiger partial charge in [0, 0.05) is 12.1 Å². The molecule has 3 N–H and O–H groups in total. The van der Waals surface area contributed by atoms with Crippen molar-refractivity contribution >= 4 is 37.3 Å². The average molecular weight is 404 g/mol. The van der Waals surface area contributed by atoms with Crippen LogP contribution in [-0.2, 0) is 20.0 Å². The zero-order valence-corrected chi connectivity index (χ0v) is 16.2. The van der Waals surface area contributed by atoms with E-state index in [2.05, 4.69) is 0 Å². The first-order chi connectivity index (χ1) is 11.5. The lowest BCUT2D eigenvalue weighted by Crippen LogP contribution is -2.32. The minimum atomic E-state index is -3.93. The van der Waals surface area contributed by atoms with Crippen molar-refractivity contribution in [2.24, 2.45) is 5.84 Å². The Morgan fingerprint density at radius 3 is 2.08 bits per heavy atom. The lowest BCUT2D eigenvalue weighted by molar-refractivity contribution is 0.582. The van der Waals surface area contributed by atoms with Crippen LogP contribution in [0.4, 0.5) is 5.69 Å². The summed E-state index contributed by atoms with van der Waals surface area (Å²) in [5, 5.41) is 0.413. The number of rotatable bonds is 5. The third-order valence-electron chi connectivity index (χ3n) is 3.75. The molecule has 0 heterocycles. The van der Waals surface area contributed by atoms with Crippen LogP contribution in [0.1, 0.15) is 11.1 Å². The largest absolute Gasteiger partial charge is 0.269 e. The Kier molecular flexibility index (Phi) is 5.45. The Morgan fingerprint density at radius 2 is 1.56 bits per heavy atom. The van der Waals surface area contributed by atoms with Crippen molar-refractivity contribution in [3.8, 4) is 0 Å². The molecule has 0 saturated carbocycles. The van der Waals surface area contributed by atoms with Crippen molar-refractivity contribution in [2.75, 3.05) is 11.4 Å². The van der Waals surface area contributed by atoms with Crippen LogP contribution in [-0.4, -0.2) is 23.9 Å². The lowest BCUT2D eigenvalue weighted by atomic mass is 10.1. The zero-order chi connectivity index (χ0) is 19.0. The highest BCUT2D eigenvalue weighted by Crippen LogP contribution is 2.30. The maximum absolute atomic E-state index is 12.8. The molecule has 0 aliphatic heterocycles. The van der Waals surface area contributed by atoms with E-state index >= 15 is 0 Å². The van der Waals surface area contributed by atoms with Crippen molar-refractivity contribution in [2.45, 2.75) is 23.6 Å². The number of hydrogen-bond donors (Lipinski definition) is 2. The van der Waals surface area contributed by atoms with Gasteiger partial charge in [0.15, 0.2) is 0 Å². The first-order valence-corrected chi connectivity index (χ1v) is 10.4. The van der Waals surface area contributed by atoms with E-state index < -0.39 is 20.0 Å². The smallest absolute Gasteiger partial charge is 0.264 e. The number of halogens is 1. The van der Waals surface area contributed by atoms with Gasteiger partial charge in [-0.05, 0) is 55.3 Å².